The summed E-state index contributed by atoms with van der Waals surface area (Å²) < 4.78 is 31.2. The number of sulfonamides is 1. The first-order valence-corrected chi connectivity index (χ1v) is 10.7. The van der Waals surface area contributed by atoms with Gasteiger partial charge in [0.1, 0.15) is 0 Å². The molecule has 2 heterocycles. The second-order valence-electron chi connectivity index (χ2n) is 7.47. The number of benzene rings is 1. The number of nitrogens with one attached hydrogen (secondary N) is 1. The molecule has 0 amide bonds. The van der Waals surface area contributed by atoms with Crippen LogP contribution in [0.25, 0.3) is 10.9 Å². The van der Waals surface area contributed by atoms with Crippen LogP contribution in [0, 0.1) is 5.92 Å². The number of aryl methyl sites for hydroxylation is 1. The molecule has 8 nitrogen and oxygen atoms in total. The molecule has 0 aliphatic carbocycles. The van der Waals surface area contributed by atoms with Crippen LogP contribution in [0.2, 0.25) is 0 Å². The van der Waals surface area contributed by atoms with Crippen LogP contribution in [0.4, 0.5) is 0 Å². The lowest BCUT2D eigenvalue weighted by Gasteiger charge is -2.21. The molecule has 0 bridgehead atoms. The Balaban J connectivity index is 2.07. The van der Waals surface area contributed by atoms with Crippen LogP contribution in [-0.4, -0.2) is 22.5 Å². The van der Waals surface area contributed by atoms with E-state index in [1.54, 1.807) is 18.5 Å². The summed E-state index contributed by atoms with van der Waals surface area (Å²) in [6.07, 6.45) is 3.87. The van der Waals surface area contributed by atoms with E-state index in [1.165, 1.54) is 36.9 Å². The van der Waals surface area contributed by atoms with Crippen LogP contribution in [0.15, 0.2) is 57.2 Å². The Morgan fingerprint density at radius 3 is 2.45 bits per heavy atom. The molecule has 0 radical (unpaired) electrons. The first-order chi connectivity index (χ1) is 13.6. The fourth-order valence-electron chi connectivity index (χ4n) is 3.30. The molecule has 0 aliphatic heterocycles. The molecule has 29 heavy (non-hydrogen) atoms. The van der Waals surface area contributed by atoms with Gasteiger partial charge < -0.3 is 0 Å². The van der Waals surface area contributed by atoms with Crippen molar-refractivity contribution in [2.24, 2.45) is 20.0 Å². The molecule has 9 heteroatoms. The topological polar surface area (TPSA) is 103 Å². The Morgan fingerprint density at radius 2 is 1.83 bits per heavy atom. The summed E-state index contributed by atoms with van der Waals surface area (Å²) in [5.74, 6) is 0.251. The van der Waals surface area contributed by atoms with Crippen molar-refractivity contribution in [3.63, 3.8) is 0 Å². The Labute approximate surface area is 168 Å². The second-order valence-corrected chi connectivity index (χ2v) is 9.19. The standard InChI is InChI=1S/C20H24N4O4S/c1-13(2)10-17(14-6-5-9-21-12-14)22-29(27,28)15-7-8-18-16(11-15)19(25)24(4)20(26)23(18)3/h5-9,11-13,17,22H,10H2,1-4H3. The van der Waals surface area contributed by atoms with Gasteiger partial charge in [0.15, 0.2) is 0 Å². The first kappa shape index (κ1) is 20.9. The predicted molar refractivity (Wildman–Crippen MR) is 111 cm³/mol. The highest BCUT2D eigenvalue weighted by Crippen LogP contribution is 2.24. The third kappa shape index (κ3) is 4.15. The zero-order valence-corrected chi connectivity index (χ0v) is 17.6. The Morgan fingerprint density at radius 1 is 1.10 bits per heavy atom. The molecule has 0 spiro atoms. The highest BCUT2D eigenvalue weighted by Gasteiger charge is 2.23. The van der Waals surface area contributed by atoms with Gasteiger partial charge in [0.25, 0.3) is 5.56 Å². The van der Waals surface area contributed by atoms with Gasteiger partial charge in [-0.05, 0) is 42.2 Å². The molecular formula is C20H24N4O4S. The number of fused-ring (bicyclic) bond motifs is 1. The van der Waals surface area contributed by atoms with E-state index in [9.17, 15) is 18.0 Å². The van der Waals surface area contributed by atoms with Gasteiger partial charge in [-0.15, -0.1) is 0 Å². The van der Waals surface area contributed by atoms with E-state index in [1.807, 2.05) is 19.9 Å². The molecule has 1 N–H and O–H groups in total. The van der Waals surface area contributed by atoms with Crippen molar-refractivity contribution >= 4 is 20.9 Å². The SMILES string of the molecule is CC(C)CC(NS(=O)(=O)c1ccc2c(c1)c(=O)n(C)c(=O)n2C)c1cccnc1. The van der Waals surface area contributed by atoms with Crippen molar-refractivity contribution < 1.29 is 8.42 Å². The van der Waals surface area contributed by atoms with Crippen molar-refractivity contribution in [3.05, 3.63) is 69.1 Å². The fourth-order valence-corrected chi connectivity index (χ4v) is 4.57. The number of aromatic nitrogens is 3. The summed E-state index contributed by atoms with van der Waals surface area (Å²) in [4.78, 5) is 28.6. The van der Waals surface area contributed by atoms with E-state index in [-0.39, 0.29) is 16.2 Å². The molecule has 0 saturated heterocycles. The van der Waals surface area contributed by atoms with E-state index >= 15 is 0 Å². The minimum atomic E-state index is -3.91. The van der Waals surface area contributed by atoms with Crippen molar-refractivity contribution in [1.82, 2.24) is 18.8 Å². The van der Waals surface area contributed by atoms with Crippen LogP contribution in [0.3, 0.4) is 0 Å². The quantitative estimate of drug-likeness (QED) is 0.659. The van der Waals surface area contributed by atoms with Gasteiger partial charge in [0.2, 0.25) is 10.0 Å². The van der Waals surface area contributed by atoms with Crippen LogP contribution in [0.5, 0.6) is 0 Å². The van der Waals surface area contributed by atoms with Crippen LogP contribution < -0.4 is 16.0 Å². The largest absolute Gasteiger partial charge is 0.330 e. The molecule has 0 aliphatic rings. The third-order valence-corrected chi connectivity index (χ3v) is 6.31. The molecule has 2 aromatic heterocycles. The highest BCUT2D eigenvalue weighted by molar-refractivity contribution is 7.89. The molecule has 0 saturated carbocycles. The molecule has 3 aromatic rings. The molecule has 3 rings (SSSR count). The van der Waals surface area contributed by atoms with Gasteiger partial charge in [0.05, 0.1) is 15.8 Å². The smallest absolute Gasteiger partial charge is 0.296 e. The van der Waals surface area contributed by atoms with E-state index in [2.05, 4.69) is 9.71 Å². The van der Waals surface area contributed by atoms with Gasteiger partial charge in [0, 0.05) is 32.5 Å². The van der Waals surface area contributed by atoms with Crippen molar-refractivity contribution in [2.45, 2.75) is 31.2 Å². The summed E-state index contributed by atoms with van der Waals surface area (Å²) in [5.41, 5.74) is 0.142. The summed E-state index contributed by atoms with van der Waals surface area (Å²) in [7, 11) is -1.01. The van der Waals surface area contributed by atoms with Crippen LogP contribution >= 0.6 is 0 Å². The number of pyridine rings is 1. The van der Waals surface area contributed by atoms with Crippen LogP contribution in [0.1, 0.15) is 31.9 Å². The maximum absolute atomic E-state index is 13.1. The second kappa shape index (κ2) is 7.92. The maximum atomic E-state index is 13.1. The summed E-state index contributed by atoms with van der Waals surface area (Å²) >= 11 is 0. The molecule has 1 aromatic carbocycles. The average molecular weight is 417 g/mol. The molecule has 1 unspecified atom stereocenters. The molecular weight excluding hydrogens is 392 g/mol. The van der Waals surface area contributed by atoms with Crippen LogP contribution in [-0.2, 0) is 24.1 Å². The number of hydrogen-bond donors (Lipinski definition) is 1. The molecule has 154 valence electrons. The summed E-state index contributed by atoms with van der Waals surface area (Å²) in [6.45, 7) is 4.02. The monoisotopic (exact) mass is 416 g/mol. The van der Waals surface area contributed by atoms with Crippen molar-refractivity contribution in [1.29, 1.82) is 0 Å². The van der Waals surface area contributed by atoms with Gasteiger partial charge in [-0.25, -0.2) is 17.9 Å². The van der Waals surface area contributed by atoms with Gasteiger partial charge in [-0.2, -0.15) is 0 Å². The molecule has 0 fully saturated rings. The lowest BCUT2D eigenvalue weighted by Crippen LogP contribution is -2.37. The van der Waals surface area contributed by atoms with E-state index < -0.39 is 27.3 Å². The third-order valence-electron chi connectivity index (χ3n) is 4.84. The van der Waals surface area contributed by atoms with E-state index in [4.69, 9.17) is 0 Å². The zero-order chi connectivity index (χ0) is 21.3. The zero-order valence-electron chi connectivity index (χ0n) is 16.8. The summed E-state index contributed by atoms with van der Waals surface area (Å²) in [5, 5.41) is 0.166. The van der Waals surface area contributed by atoms with E-state index in [0.29, 0.717) is 11.9 Å². The summed E-state index contributed by atoms with van der Waals surface area (Å²) in [6, 6.07) is 7.33. The average Bonchev–Trinajstić information content (AvgIpc) is 2.70. The van der Waals surface area contributed by atoms with Gasteiger partial charge in [-0.3, -0.25) is 18.9 Å². The number of hydrogen-bond acceptors (Lipinski definition) is 5. The maximum Gasteiger partial charge on any atom is 0.330 e. The highest BCUT2D eigenvalue weighted by atomic mass is 32.2. The van der Waals surface area contributed by atoms with Gasteiger partial charge in [-0.1, -0.05) is 19.9 Å². The lowest BCUT2D eigenvalue weighted by molar-refractivity contribution is 0.471. The first-order valence-electron chi connectivity index (χ1n) is 9.24. The predicted octanol–water partition coefficient (Wildman–Crippen LogP) is 1.70. The number of rotatable bonds is 6. The van der Waals surface area contributed by atoms with Crippen molar-refractivity contribution in [3.8, 4) is 0 Å². The normalized spacial score (nSPS) is 13.1. The fraction of sp³-hybridized carbons (Fsp3) is 0.350. The van der Waals surface area contributed by atoms with Crippen molar-refractivity contribution in [2.75, 3.05) is 0 Å². The Bertz CT molecular complexity index is 1260. The number of nitrogens with zero attached hydrogens (tertiary/aromatic N) is 3. The Kier molecular flexibility index (Phi) is 5.72. The van der Waals surface area contributed by atoms with E-state index in [0.717, 1.165) is 10.1 Å². The Hall–Kier alpha value is -2.78. The minimum absolute atomic E-state index is 0.0293. The lowest BCUT2D eigenvalue weighted by atomic mass is 9.99. The molecule has 1 atom stereocenters. The minimum Gasteiger partial charge on any atom is -0.296 e. The van der Waals surface area contributed by atoms with Gasteiger partial charge >= 0.3 is 5.69 Å².